The van der Waals surface area contributed by atoms with E-state index in [-0.39, 0.29) is 11.7 Å². The van der Waals surface area contributed by atoms with Crippen LogP contribution in [-0.2, 0) is 9.53 Å². The van der Waals surface area contributed by atoms with Gasteiger partial charge >= 0.3 is 5.97 Å². The van der Waals surface area contributed by atoms with E-state index in [1.165, 1.54) is 0 Å². The molecule has 0 amide bonds. The van der Waals surface area contributed by atoms with Crippen LogP contribution in [0.25, 0.3) is 0 Å². The fraction of sp³-hybridized carbons (Fsp3) is 0.923. The van der Waals surface area contributed by atoms with Gasteiger partial charge in [0.1, 0.15) is 0 Å². The summed E-state index contributed by atoms with van der Waals surface area (Å²) >= 11 is 0. The molecule has 2 aliphatic rings. The molecule has 0 saturated carbocycles. The number of hydrogen-bond acceptors (Lipinski definition) is 3. The summed E-state index contributed by atoms with van der Waals surface area (Å²) in [5.74, 6) is -0.673. The number of carbonyl (C=O) groups is 1. The van der Waals surface area contributed by atoms with Crippen LogP contribution < -0.4 is 0 Å². The third-order valence-corrected chi connectivity index (χ3v) is 4.08. The summed E-state index contributed by atoms with van der Waals surface area (Å²) in [5.41, 5.74) is -0.561. The summed E-state index contributed by atoms with van der Waals surface area (Å²) in [6.07, 6.45) is 3.22. The normalized spacial score (nSPS) is 37.5. The van der Waals surface area contributed by atoms with E-state index in [2.05, 4.69) is 18.7 Å². The molecule has 17 heavy (non-hydrogen) atoms. The van der Waals surface area contributed by atoms with Crippen molar-refractivity contribution in [1.82, 2.24) is 4.90 Å². The van der Waals surface area contributed by atoms with Crippen molar-refractivity contribution >= 4 is 5.97 Å². The number of ether oxygens (including phenoxy) is 1. The molecule has 0 aromatic rings. The Morgan fingerprint density at radius 1 is 1.41 bits per heavy atom. The fourth-order valence-electron chi connectivity index (χ4n) is 2.88. The number of nitrogens with zero attached hydrogens (tertiary/aromatic N) is 1. The molecule has 0 bridgehead atoms. The monoisotopic (exact) mass is 241 g/mol. The smallest absolute Gasteiger partial charge is 0.310 e. The van der Waals surface area contributed by atoms with Crippen LogP contribution in [0.2, 0.25) is 0 Å². The van der Waals surface area contributed by atoms with Gasteiger partial charge in [-0.15, -0.1) is 0 Å². The number of rotatable bonds is 3. The third kappa shape index (κ3) is 2.80. The van der Waals surface area contributed by atoms with Crippen molar-refractivity contribution in [3.8, 4) is 0 Å². The maximum atomic E-state index is 11.2. The van der Waals surface area contributed by atoms with Gasteiger partial charge in [0, 0.05) is 13.1 Å². The van der Waals surface area contributed by atoms with E-state index in [9.17, 15) is 9.90 Å². The lowest BCUT2D eigenvalue weighted by Crippen LogP contribution is -2.36. The Morgan fingerprint density at radius 2 is 2.12 bits per heavy atom. The summed E-state index contributed by atoms with van der Waals surface area (Å²) in [6.45, 7) is 8.50. The fourth-order valence-corrected chi connectivity index (χ4v) is 2.88. The first kappa shape index (κ1) is 12.8. The van der Waals surface area contributed by atoms with Crippen molar-refractivity contribution in [2.75, 3.05) is 19.6 Å². The van der Waals surface area contributed by atoms with Gasteiger partial charge in [-0.05, 0) is 46.6 Å². The van der Waals surface area contributed by atoms with Gasteiger partial charge in [0.2, 0.25) is 0 Å². The Labute approximate surface area is 103 Å². The first-order valence-corrected chi connectivity index (χ1v) is 6.44. The van der Waals surface area contributed by atoms with E-state index in [0.29, 0.717) is 6.54 Å². The average Bonchev–Trinajstić information content (AvgIpc) is 2.72. The van der Waals surface area contributed by atoms with Crippen molar-refractivity contribution < 1.29 is 14.6 Å². The molecule has 4 heteroatoms. The molecule has 2 atom stereocenters. The first-order valence-electron chi connectivity index (χ1n) is 6.44. The largest absolute Gasteiger partial charge is 0.481 e. The zero-order valence-corrected chi connectivity index (χ0v) is 11.0. The molecule has 0 aromatic carbocycles. The highest BCUT2D eigenvalue weighted by molar-refractivity contribution is 5.74. The van der Waals surface area contributed by atoms with Gasteiger partial charge in [-0.3, -0.25) is 9.69 Å². The van der Waals surface area contributed by atoms with Crippen LogP contribution in [0, 0.1) is 5.41 Å². The second-order valence-electron chi connectivity index (χ2n) is 6.39. The molecule has 98 valence electrons. The Morgan fingerprint density at radius 3 is 2.59 bits per heavy atom. The summed E-state index contributed by atoms with van der Waals surface area (Å²) in [7, 11) is 0. The van der Waals surface area contributed by atoms with Crippen LogP contribution in [0.1, 0.15) is 40.0 Å². The maximum Gasteiger partial charge on any atom is 0.310 e. The van der Waals surface area contributed by atoms with Crippen LogP contribution in [0.15, 0.2) is 0 Å². The number of hydrogen-bond donors (Lipinski definition) is 1. The Hall–Kier alpha value is -0.610. The minimum atomic E-state index is -0.673. The van der Waals surface area contributed by atoms with Crippen molar-refractivity contribution in [3.63, 3.8) is 0 Å². The van der Waals surface area contributed by atoms with Crippen molar-refractivity contribution in [1.29, 1.82) is 0 Å². The van der Waals surface area contributed by atoms with Gasteiger partial charge in [0.15, 0.2) is 0 Å². The molecule has 0 radical (unpaired) electrons. The van der Waals surface area contributed by atoms with Crippen LogP contribution >= 0.6 is 0 Å². The lowest BCUT2D eigenvalue weighted by molar-refractivity contribution is -0.147. The Balaban J connectivity index is 1.85. The molecule has 2 saturated heterocycles. The molecule has 0 aromatic heterocycles. The quantitative estimate of drug-likeness (QED) is 0.817. The zero-order valence-electron chi connectivity index (χ0n) is 11.0. The molecule has 0 spiro atoms. The first-order chi connectivity index (χ1) is 7.81. The minimum absolute atomic E-state index is 0.000488. The van der Waals surface area contributed by atoms with Crippen LogP contribution in [0.4, 0.5) is 0 Å². The summed E-state index contributed by atoms with van der Waals surface area (Å²) < 4.78 is 5.95. The van der Waals surface area contributed by atoms with E-state index in [4.69, 9.17) is 4.74 Å². The van der Waals surface area contributed by atoms with Crippen molar-refractivity contribution in [2.24, 2.45) is 5.41 Å². The zero-order chi connectivity index (χ0) is 12.7. The maximum absolute atomic E-state index is 11.2. The highest BCUT2D eigenvalue weighted by atomic mass is 16.5. The molecular formula is C13H23NO3. The van der Waals surface area contributed by atoms with Crippen molar-refractivity contribution in [3.05, 3.63) is 0 Å². The molecule has 0 aliphatic carbocycles. The topological polar surface area (TPSA) is 49.8 Å². The summed E-state index contributed by atoms with van der Waals surface area (Å²) in [5, 5.41) is 9.18. The average molecular weight is 241 g/mol. The van der Waals surface area contributed by atoms with Gasteiger partial charge in [0.25, 0.3) is 0 Å². The molecule has 2 fully saturated rings. The van der Waals surface area contributed by atoms with Gasteiger partial charge in [-0.1, -0.05) is 0 Å². The predicted octanol–water partition coefficient (Wildman–Crippen LogP) is 1.74. The number of likely N-dealkylation sites (tertiary alicyclic amines) is 1. The predicted molar refractivity (Wildman–Crippen MR) is 65.0 cm³/mol. The van der Waals surface area contributed by atoms with Crippen molar-refractivity contribution in [2.45, 2.75) is 51.7 Å². The van der Waals surface area contributed by atoms with Gasteiger partial charge < -0.3 is 9.84 Å². The van der Waals surface area contributed by atoms with Gasteiger partial charge in [0.05, 0.1) is 17.1 Å². The van der Waals surface area contributed by atoms with Crippen LogP contribution in [0.3, 0.4) is 0 Å². The van der Waals surface area contributed by atoms with E-state index in [0.717, 1.165) is 32.4 Å². The number of aliphatic carboxylic acids is 1. The lowest BCUT2D eigenvalue weighted by atomic mass is 9.90. The second kappa shape index (κ2) is 4.25. The molecule has 1 N–H and O–H groups in total. The summed E-state index contributed by atoms with van der Waals surface area (Å²) in [4.78, 5) is 13.4. The van der Waals surface area contributed by atoms with Crippen LogP contribution in [0.5, 0.6) is 0 Å². The summed E-state index contributed by atoms with van der Waals surface area (Å²) in [6, 6.07) is 0. The second-order valence-corrected chi connectivity index (χ2v) is 6.39. The van der Waals surface area contributed by atoms with E-state index >= 15 is 0 Å². The number of carboxylic acids is 1. The van der Waals surface area contributed by atoms with Gasteiger partial charge in [-0.25, -0.2) is 0 Å². The molecule has 2 heterocycles. The molecule has 2 aliphatic heterocycles. The third-order valence-electron chi connectivity index (χ3n) is 4.08. The molecule has 4 nitrogen and oxygen atoms in total. The van der Waals surface area contributed by atoms with E-state index in [1.807, 2.05) is 6.92 Å². The Kier molecular flexibility index (Phi) is 3.21. The SMILES string of the molecule is CC1(C)CCC(CN2CCC(C)(C(=O)O)C2)O1. The lowest BCUT2D eigenvalue weighted by Gasteiger charge is -2.24. The Bertz CT molecular complexity index is 316. The van der Waals surface area contributed by atoms with Gasteiger partial charge in [-0.2, -0.15) is 0 Å². The van der Waals surface area contributed by atoms with E-state index < -0.39 is 11.4 Å². The highest BCUT2D eigenvalue weighted by Crippen LogP contribution is 2.33. The molecule has 2 rings (SSSR count). The molecular weight excluding hydrogens is 218 g/mol. The molecule has 2 unspecified atom stereocenters. The van der Waals surface area contributed by atoms with Crippen LogP contribution in [-0.4, -0.2) is 47.3 Å². The minimum Gasteiger partial charge on any atom is -0.481 e. The highest BCUT2D eigenvalue weighted by Gasteiger charge is 2.42. The van der Waals surface area contributed by atoms with E-state index in [1.54, 1.807) is 0 Å². The number of carboxylic acid groups (broad SMARTS) is 1. The standard InChI is InChI=1S/C13H23NO3/c1-12(2)5-4-10(17-12)8-14-7-6-13(3,9-14)11(15)16/h10H,4-9H2,1-3H3,(H,15,16).